The summed E-state index contributed by atoms with van der Waals surface area (Å²) < 4.78 is 25.0. The molecule has 0 saturated heterocycles. The number of amides is 2. The number of hydrogen-bond acceptors (Lipinski definition) is 5. The van der Waals surface area contributed by atoms with Crippen molar-refractivity contribution >= 4 is 60.8 Å². The van der Waals surface area contributed by atoms with Gasteiger partial charge in [0, 0.05) is 16.5 Å². The molecule has 1 aromatic heterocycles. The Hall–Kier alpha value is -4.25. The number of primary amides is 1. The van der Waals surface area contributed by atoms with Crippen LogP contribution in [-0.2, 0) is 21.2 Å². The van der Waals surface area contributed by atoms with E-state index < -0.39 is 15.9 Å². The third-order valence-corrected chi connectivity index (χ3v) is 7.12. The number of anilines is 1. The van der Waals surface area contributed by atoms with E-state index in [-0.39, 0.29) is 17.2 Å². The molecule has 0 radical (unpaired) electrons. The van der Waals surface area contributed by atoms with Crippen LogP contribution in [0.25, 0.3) is 27.4 Å². The van der Waals surface area contributed by atoms with Crippen molar-refractivity contribution in [3.8, 4) is 5.69 Å². The first-order valence-corrected chi connectivity index (χ1v) is 13.0. The molecular formula is C26H20ClN5O4S. The van der Waals surface area contributed by atoms with Gasteiger partial charge in [-0.2, -0.15) is 5.10 Å². The molecule has 5 N–H and O–H groups in total. The molecule has 37 heavy (non-hydrogen) atoms. The van der Waals surface area contributed by atoms with Crippen molar-refractivity contribution < 1.29 is 18.0 Å². The number of nitrogens with one attached hydrogen (secondary N) is 1. The molecule has 0 aliphatic rings. The molecule has 2 amide bonds. The van der Waals surface area contributed by atoms with E-state index in [1.807, 2.05) is 18.2 Å². The average molecular weight is 534 g/mol. The summed E-state index contributed by atoms with van der Waals surface area (Å²) in [5, 5.41) is 15.4. The number of hydrogen-bond donors (Lipinski definition) is 3. The molecule has 4 aromatic carbocycles. The fourth-order valence-corrected chi connectivity index (χ4v) is 4.91. The lowest BCUT2D eigenvalue weighted by atomic mass is 10.0. The lowest BCUT2D eigenvalue weighted by molar-refractivity contribution is -0.117. The van der Waals surface area contributed by atoms with Crippen LogP contribution in [0.3, 0.4) is 0 Å². The summed E-state index contributed by atoms with van der Waals surface area (Å²) in [5.74, 6) is -0.907. The molecule has 0 spiro atoms. The van der Waals surface area contributed by atoms with Crippen molar-refractivity contribution in [3.63, 3.8) is 0 Å². The molecule has 5 aromatic rings. The smallest absolute Gasteiger partial charge is 0.257 e. The van der Waals surface area contributed by atoms with Gasteiger partial charge in [-0.05, 0) is 53.9 Å². The second kappa shape index (κ2) is 9.32. The van der Waals surface area contributed by atoms with Crippen molar-refractivity contribution in [1.29, 1.82) is 0 Å². The maximum Gasteiger partial charge on any atom is 0.257 e. The van der Waals surface area contributed by atoms with Crippen molar-refractivity contribution in [2.75, 3.05) is 5.32 Å². The van der Waals surface area contributed by atoms with Gasteiger partial charge in [0.15, 0.2) is 0 Å². The van der Waals surface area contributed by atoms with Gasteiger partial charge >= 0.3 is 0 Å². The molecule has 0 saturated carbocycles. The molecule has 0 aliphatic carbocycles. The van der Waals surface area contributed by atoms with E-state index in [9.17, 15) is 18.0 Å². The molecule has 0 bridgehead atoms. The van der Waals surface area contributed by atoms with Crippen LogP contribution in [0.15, 0.2) is 83.8 Å². The number of nitrogens with zero attached hydrogens (tertiary/aromatic N) is 2. The van der Waals surface area contributed by atoms with Gasteiger partial charge in [0.05, 0.1) is 38.8 Å². The second-order valence-electron chi connectivity index (χ2n) is 8.37. The fourth-order valence-electron chi connectivity index (χ4n) is 4.17. The summed E-state index contributed by atoms with van der Waals surface area (Å²) in [4.78, 5) is 24.5. The zero-order chi connectivity index (χ0) is 26.3. The Balaban J connectivity index is 1.68. The molecule has 5 rings (SSSR count). The fraction of sp³-hybridized carbons (Fsp3) is 0.0385. The highest BCUT2D eigenvalue weighted by molar-refractivity contribution is 7.89. The summed E-state index contributed by atoms with van der Waals surface area (Å²) in [7, 11) is -3.87. The third kappa shape index (κ3) is 4.77. The standard InChI is InChI=1S/C26H20ClN5O4S/c27-22-4-2-1-3-19(22)26(34)30-16-7-5-15-6-12-20-23(14-24(28)33)31-32(25(20)21(15)13-16)17-8-10-18(11-9-17)37(29,35)36/h1-13H,14H2,(H2,28,33)(H,30,34)(H2,29,35,36). The minimum atomic E-state index is -3.87. The molecule has 1 heterocycles. The van der Waals surface area contributed by atoms with Gasteiger partial charge in [-0.15, -0.1) is 0 Å². The zero-order valence-electron chi connectivity index (χ0n) is 19.2. The maximum absolute atomic E-state index is 12.8. The number of sulfonamides is 1. The van der Waals surface area contributed by atoms with Crippen molar-refractivity contribution in [1.82, 2.24) is 9.78 Å². The Bertz CT molecular complexity index is 1810. The summed E-state index contributed by atoms with van der Waals surface area (Å²) in [6.45, 7) is 0. The lowest BCUT2D eigenvalue weighted by Crippen LogP contribution is -2.14. The molecule has 0 aliphatic heterocycles. The summed E-state index contributed by atoms with van der Waals surface area (Å²) in [5.41, 5.74) is 8.00. The number of carbonyl (C=O) groups excluding carboxylic acids is 2. The molecule has 0 fully saturated rings. The number of halogens is 1. The largest absolute Gasteiger partial charge is 0.369 e. The van der Waals surface area contributed by atoms with E-state index >= 15 is 0 Å². The normalized spacial score (nSPS) is 11.6. The number of primary sulfonamides is 1. The highest BCUT2D eigenvalue weighted by atomic mass is 35.5. The van der Waals surface area contributed by atoms with Gasteiger partial charge in [-0.1, -0.05) is 41.9 Å². The van der Waals surface area contributed by atoms with E-state index in [2.05, 4.69) is 10.4 Å². The minimum absolute atomic E-state index is 0.0421. The van der Waals surface area contributed by atoms with E-state index in [0.29, 0.717) is 38.6 Å². The number of carbonyl (C=O) groups is 2. The first-order chi connectivity index (χ1) is 17.6. The predicted octanol–water partition coefficient (Wildman–Crippen LogP) is 3.76. The van der Waals surface area contributed by atoms with Gasteiger partial charge in [-0.3, -0.25) is 9.59 Å². The quantitative estimate of drug-likeness (QED) is 0.303. The Morgan fingerprint density at radius 2 is 1.65 bits per heavy atom. The molecule has 9 nitrogen and oxygen atoms in total. The maximum atomic E-state index is 12.8. The van der Waals surface area contributed by atoms with Gasteiger partial charge in [0.25, 0.3) is 5.91 Å². The SMILES string of the molecule is NC(=O)Cc1nn(-c2ccc(S(N)(=O)=O)cc2)c2c1ccc1ccc(NC(=O)c3ccccc3Cl)cc12. The molecule has 11 heteroatoms. The van der Waals surface area contributed by atoms with Crippen molar-refractivity contribution in [3.05, 3.63) is 95.1 Å². The Labute approximate surface area is 216 Å². The number of rotatable bonds is 6. The Morgan fingerprint density at radius 1 is 0.946 bits per heavy atom. The lowest BCUT2D eigenvalue weighted by Gasteiger charge is -2.10. The highest BCUT2D eigenvalue weighted by Gasteiger charge is 2.18. The summed E-state index contributed by atoms with van der Waals surface area (Å²) in [6, 6.07) is 21.8. The molecule has 186 valence electrons. The van der Waals surface area contributed by atoms with Gasteiger partial charge in [0.1, 0.15) is 0 Å². The molecule has 0 atom stereocenters. The number of nitrogens with two attached hydrogens (primary N) is 2. The average Bonchev–Trinajstić information content (AvgIpc) is 3.22. The molecule has 0 unspecified atom stereocenters. The van der Waals surface area contributed by atoms with Crippen LogP contribution in [0.1, 0.15) is 16.1 Å². The topological polar surface area (TPSA) is 150 Å². The van der Waals surface area contributed by atoms with Crippen molar-refractivity contribution in [2.24, 2.45) is 10.9 Å². The third-order valence-electron chi connectivity index (χ3n) is 5.86. The van der Waals surface area contributed by atoms with Crippen LogP contribution in [0.5, 0.6) is 0 Å². The van der Waals surface area contributed by atoms with Gasteiger partial charge < -0.3 is 11.1 Å². The van der Waals surface area contributed by atoms with Crippen LogP contribution < -0.4 is 16.2 Å². The van der Waals surface area contributed by atoms with Gasteiger partial charge in [-0.25, -0.2) is 18.2 Å². The minimum Gasteiger partial charge on any atom is -0.369 e. The second-order valence-corrected chi connectivity index (χ2v) is 10.3. The van der Waals surface area contributed by atoms with Crippen molar-refractivity contribution in [2.45, 2.75) is 11.3 Å². The first-order valence-electron chi connectivity index (χ1n) is 11.0. The first kappa shape index (κ1) is 24.4. The van der Waals surface area contributed by atoms with E-state index in [4.69, 9.17) is 22.5 Å². The predicted molar refractivity (Wildman–Crippen MR) is 142 cm³/mol. The Morgan fingerprint density at radius 3 is 2.32 bits per heavy atom. The molecular weight excluding hydrogens is 514 g/mol. The summed E-state index contributed by atoms with van der Waals surface area (Å²) >= 11 is 6.17. The van der Waals surface area contributed by atoms with Crippen LogP contribution >= 0.6 is 11.6 Å². The monoisotopic (exact) mass is 533 g/mol. The number of benzene rings is 4. The van der Waals surface area contributed by atoms with Crippen LogP contribution in [-0.4, -0.2) is 30.0 Å². The van der Waals surface area contributed by atoms with Crippen LogP contribution in [0, 0.1) is 0 Å². The van der Waals surface area contributed by atoms with Crippen LogP contribution in [0.2, 0.25) is 5.02 Å². The number of fused-ring (bicyclic) bond motifs is 3. The summed E-state index contributed by atoms with van der Waals surface area (Å²) in [6.07, 6.45) is -0.0901. The highest BCUT2D eigenvalue weighted by Crippen LogP contribution is 2.32. The Kier molecular flexibility index (Phi) is 6.16. The van der Waals surface area contributed by atoms with E-state index in [1.54, 1.807) is 53.2 Å². The zero-order valence-corrected chi connectivity index (χ0v) is 20.8. The van der Waals surface area contributed by atoms with Gasteiger partial charge in [0.2, 0.25) is 15.9 Å². The van der Waals surface area contributed by atoms with E-state index in [0.717, 1.165) is 10.8 Å². The number of aromatic nitrogens is 2. The van der Waals surface area contributed by atoms with Crippen LogP contribution in [0.4, 0.5) is 5.69 Å². The van der Waals surface area contributed by atoms with E-state index in [1.165, 1.54) is 12.1 Å².